The number of para-hydroxylation sites is 1. The molecule has 0 spiro atoms. The lowest BCUT2D eigenvalue weighted by Crippen LogP contribution is -2.56. The smallest absolute Gasteiger partial charge is 0.337 e. The van der Waals surface area contributed by atoms with Gasteiger partial charge in [-0.3, -0.25) is 4.79 Å². The standard InChI is InChI=1S/C28H29NO5/c1-2-17-29(23-11-7-4-8-12-23)26-25(31)20-28(34-27(26)32,21-9-5-3-6-10-21)22-13-15-24(16-14-22)33-19-18-30/h3-16,26,30H,2,17-20H2,1H3. The maximum atomic E-state index is 13.7. The lowest BCUT2D eigenvalue weighted by atomic mass is 9.78. The predicted molar refractivity (Wildman–Crippen MR) is 130 cm³/mol. The zero-order valence-corrected chi connectivity index (χ0v) is 19.2. The molecule has 1 heterocycles. The quantitative estimate of drug-likeness (QED) is 0.384. The van der Waals surface area contributed by atoms with Crippen molar-refractivity contribution >= 4 is 17.4 Å². The van der Waals surface area contributed by atoms with Crippen LogP contribution in [0.15, 0.2) is 84.9 Å². The lowest BCUT2D eigenvalue weighted by molar-refractivity contribution is -0.169. The van der Waals surface area contributed by atoms with Crippen molar-refractivity contribution in [1.29, 1.82) is 0 Å². The van der Waals surface area contributed by atoms with E-state index in [4.69, 9.17) is 14.6 Å². The van der Waals surface area contributed by atoms with Crippen LogP contribution in [0.2, 0.25) is 0 Å². The number of rotatable bonds is 9. The molecule has 2 atom stereocenters. The van der Waals surface area contributed by atoms with E-state index >= 15 is 0 Å². The third-order valence-electron chi connectivity index (χ3n) is 6.01. The van der Waals surface area contributed by atoms with E-state index < -0.39 is 17.6 Å². The zero-order chi connectivity index (χ0) is 24.0. The summed E-state index contributed by atoms with van der Waals surface area (Å²) in [6, 6.07) is 25.0. The molecule has 4 rings (SSSR count). The van der Waals surface area contributed by atoms with E-state index in [9.17, 15) is 9.59 Å². The maximum absolute atomic E-state index is 13.7. The molecule has 1 saturated heterocycles. The second-order valence-electron chi connectivity index (χ2n) is 8.29. The summed E-state index contributed by atoms with van der Waals surface area (Å²) in [5.74, 6) is -0.151. The van der Waals surface area contributed by atoms with Crippen LogP contribution >= 0.6 is 0 Å². The van der Waals surface area contributed by atoms with Crippen LogP contribution < -0.4 is 9.64 Å². The predicted octanol–water partition coefficient (Wildman–Crippen LogP) is 4.10. The van der Waals surface area contributed by atoms with Crippen molar-refractivity contribution in [1.82, 2.24) is 0 Å². The van der Waals surface area contributed by atoms with Crippen LogP contribution in [0.1, 0.15) is 30.9 Å². The molecule has 0 bridgehead atoms. The summed E-state index contributed by atoms with van der Waals surface area (Å²) in [6.07, 6.45) is 0.808. The molecule has 0 aromatic heterocycles. The maximum Gasteiger partial charge on any atom is 0.337 e. The summed E-state index contributed by atoms with van der Waals surface area (Å²) >= 11 is 0. The Morgan fingerprint density at radius 2 is 1.56 bits per heavy atom. The topological polar surface area (TPSA) is 76.1 Å². The highest BCUT2D eigenvalue weighted by Gasteiger charge is 2.51. The Morgan fingerprint density at radius 3 is 2.15 bits per heavy atom. The van der Waals surface area contributed by atoms with Gasteiger partial charge in [0.2, 0.25) is 0 Å². The van der Waals surface area contributed by atoms with Crippen molar-refractivity contribution in [3.05, 3.63) is 96.1 Å². The highest BCUT2D eigenvalue weighted by molar-refractivity contribution is 6.08. The Hall–Kier alpha value is -3.64. The lowest BCUT2D eigenvalue weighted by Gasteiger charge is -2.42. The zero-order valence-electron chi connectivity index (χ0n) is 19.2. The van der Waals surface area contributed by atoms with Crippen molar-refractivity contribution in [2.75, 3.05) is 24.7 Å². The summed E-state index contributed by atoms with van der Waals surface area (Å²) < 4.78 is 11.7. The van der Waals surface area contributed by atoms with Gasteiger partial charge in [-0.25, -0.2) is 4.79 Å². The normalized spacial score (nSPS) is 20.0. The number of Topliss-reactive ketones (excluding diaryl/α,β-unsaturated/α-hetero) is 1. The third-order valence-corrected chi connectivity index (χ3v) is 6.01. The minimum Gasteiger partial charge on any atom is -0.491 e. The number of aliphatic hydroxyl groups excluding tert-OH is 1. The molecule has 0 aliphatic carbocycles. The van der Waals surface area contributed by atoms with Crippen molar-refractivity contribution in [3.8, 4) is 5.75 Å². The van der Waals surface area contributed by atoms with Gasteiger partial charge in [0.05, 0.1) is 13.0 Å². The first kappa shape index (κ1) is 23.5. The van der Waals surface area contributed by atoms with E-state index in [2.05, 4.69) is 0 Å². The number of anilines is 1. The largest absolute Gasteiger partial charge is 0.491 e. The average Bonchev–Trinajstić information content (AvgIpc) is 2.88. The van der Waals surface area contributed by atoms with Crippen molar-refractivity contribution < 1.29 is 24.2 Å². The minimum absolute atomic E-state index is 0.0251. The first-order valence-electron chi connectivity index (χ1n) is 11.6. The highest BCUT2D eigenvalue weighted by Crippen LogP contribution is 2.42. The number of cyclic esters (lactones) is 1. The summed E-state index contributed by atoms with van der Waals surface area (Å²) in [7, 11) is 0. The van der Waals surface area contributed by atoms with Gasteiger partial charge < -0.3 is 19.5 Å². The first-order valence-corrected chi connectivity index (χ1v) is 11.6. The molecule has 3 aromatic rings. The summed E-state index contributed by atoms with van der Waals surface area (Å²) in [5.41, 5.74) is 1.02. The van der Waals surface area contributed by atoms with Crippen molar-refractivity contribution in [3.63, 3.8) is 0 Å². The Labute approximate surface area is 199 Å². The molecule has 3 aromatic carbocycles. The van der Waals surface area contributed by atoms with Crippen LogP contribution in [0.3, 0.4) is 0 Å². The number of ether oxygens (including phenoxy) is 2. The molecule has 6 heteroatoms. The molecule has 176 valence electrons. The molecule has 0 radical (unpaired) electrons. The van der Waals surface area contributed by atoms with Gasteiger partial charge in [-0.05, 0) is 30.7 Å². The molecule has 2 unspecified atom stereocenters. The number of benzene rings is 3. The third kappa shape index (κ3) is 4.68. The van der Waals surface area contributed by atoms with Gasteiger partial charge in [-0.1, -0.05) is 67.6 Å². The van der Waals surface area contributed by atoms with E-state index in [0.29, 0.717) is 17.9 Å². The number of carbonyl (C=O) groups excluding carboxylic acids is 2. The minimum atomic E-state index is -1.23. The Balaban J connectivity index is 1.72. The molecule has 1 N–H and O–H groups in total. The van der Waals surface area contributed by atoms with Crippen LogP contribution in [-0.4, -0.2) is 42.7 Å². The van der Waals surface area contributed by atoms with E-state index in [1.165, 1.54) is 0 Å². The summed E-state index contributed by atoms with van der Waals surface area (Å²) in [5, 5.41) is 9.00. The molecule has 34 heavy (non-hydrogen) atoms. The fraction of sp³-hybridized carbons (Fsp3) is 0.286. The first-order chi connectivity index (χ1) is 16.6. The van der Waals surface area contributed by atoms with Gasteiger partial charge in [0.1, 0.15) is 12.4 Å². The number of aliphatic hydroxyl groups is 1. The van der Waals surface area contributed by atoms with Crippen molar-refractivity contribution in [2.45, 2.75) is 31.4 Å². The van der Waals surface area contributed by atoms with Crippen LogP contribution in [0.5, 0.6) is 5.75 Å². The van der Waals surface area contributed by atoms with E-state index in [0.717, 1.165) is 17.7 Å². The second kappa shape index (κ2) is 10.5. The summed E-state index contributed by atoms with van der Waals surface area (Å²) in [4.78, 5) is 29.0. The molecular weight excluding hydrogens is 430 g/mol. The summed E-state index contributed by atoms with van der Waals surface area (Å²) in [6.45, 7) is 2.68. The Kier molecular flexibility index (Phi) is 7.28. The molecular formula is C28H29NO5. The monoisotopic (exact) mass is 459 g/mol. The van der Waals surface area contributed by atoms with Gasteiger partial charge in [0.15, 0.2) is 17.4 Å². The van der Waals surface area contributed by atoms with Gasteiger partial charge >= 0.3 is 5.97 Å². The van der Waals surface area contributed by atoms with Crippen LogP contribution in [0, 0.1) is 0 Å². The number of hydrogen-bond donors (Lipinski definition) is 1. The van der Waals surface area contributed by atoms with Gasteiger partial charge in [-0.2, -0.15) is 0 Å². The Bertz CT molecular complexity index is 1080. The molecule has 0 amide bonds. The van der Waals surface area contributed by atoms with Crippen LogP contribution in [0.4, 0.5) is 5.69 Å². The van der Waals surface area contributed by atoms with E-state index in [-0.39, 0.29) is 25.4 Å². The number of hydrogen-bond acceptors (Lipinski definition) is 6. The molecule has 1 aliphatic heterocycles. The van der Waals surface area contributed by atoms with E-state index in [1.54, 1.807) is 12.1 Å². The molecule has 1 fully saturated rings. The average molecular weight is 460 g/mol. The molecule has 6 nitrogen and oxygen atoms in total. The number of ketones is 1. The molecule has 0 saturated carbocycles. The fourth-order valence-electron chi connectivity index (χ4n) is 4.49. The number of nitrogens with zero attached hydrogens (tertiary/aromatic N) is 1. The Morgan fingerprint density at radius 1 is 0.941 bits per heavy atom. The van der Waals surface area contributed by atoms with Gasteiger partial charge in [0, 0.05) is 23.4 Å². The molecule has 1 aliphatic rings. The van der Waals surface area contributed by atoms with Gasteiger partial charge in [0.25, 0.3) is 0 Å². The van der Waals surface area contributed by atoms with Crippen LogP contribution in [0.25, 0.3) is 0 Å². The van der Waals surface area contributed by atoms with Gasteiger partial charge in [-0.15, -0.1) is 0 Å². The van der Waals surface area contributed by atoms with Crippen LogP contribution in [-0.2, 0) is 19.9 Å². The fourth-order valence-corrected chi connectivity index (χ4v) is 4.49. The number of carbonyl (C=O) groups is 2. The number of esters is 1. The van der Waals surface area contributed by atoms with Crippen molar-refractivity contribution in [2.24, 2.45) is 0 Å². The SMILES string of the molecule is CCCN(c1ccccc1)C1C(=O)CC(c2ccccc2)(c2ccc(OCCO)cc2)OC1=O. The highest BCUT2D eigenvalue weighted by atomic mass is 16.6. The second-order valence-corrected chi connectivity index (χ2v) is 8.29. The van der Waals surface area contributed by atoms with E-state index in [1.807, 2.05) is 84.6 Å².